The zero-order valence-corrected chi connectivity index (χ0v) is 16.9. The molecule has 15 heteroatoms. The molecule has 3 rings (SSSR count). The number of nitro groups is 1. The summed E-state index contributed by atoms with van der Waals surface area (Å²) in [6.07, 6.45) is -2.86. The SMILES string of the molecule is O=C(Nc1cc(OCC(F)F)cc([N+](=O)[O-])c1)c1ccc(COc2c(F)c(F)c(F)c(F)c2F)o1. The van der Waals surface area contributed by atoms with Crippen molar-refractivity contribution in [3.05, 3.63) is 81.1 Å². The maximum Gasteiger partial charge on any atom is 0.291 e. The van der Waals surface area contributed by atoms with Crippen molar-refractivity contribution in [3.63, 3.8) is 0 Å². The lowest BCUT2D eigenvalue weighted by Gasteiger charge is -2.09. The summed E-state index contributed by atoms with van der Waals surface area (Å²) in [5.41, 5.74) is -0.799. The number of carbonyl (C=O) groups excluding carboxylic acids is 1. The molecule has 0 spiro atoms. The van der Waals surface area contributed by atoms with E-state index in [2.05, 4.69) is 10.1 Å². The molecular formula is C20H11F7N2O6. The summed E-state index contributed by atoms with van der Waals surface area (Å²) in [5.74, 6) is -14.8. The molecule has 0 saturated heterocycles. The van der Waals surface area contributed by atoms with Gasteiger partial charge in [0.2, 0.25) is 29.1 Å². The Morgan fingerprint density at radius 2 is 1.60 bits per heavy atom. The second-order valence-corrected chi connectivity index (χ2v) is 6.58. The molecule has 2 aromatic carbocycles. The third-order valence-electron chi connectivity index (χ3n) is 4.15. The zero-order chi connectivity index (χ0) is 25.9. The second-order valence-electron chi connectivity index (χ2n) is 6.58. The average Bonchev–Trinajstić information content (AvgIpc) is 3.29. The number of alkyl halides is 2. The van der Waals surface area contributed by atoms with Gasteiger partial charge in [-0.3, -0.25) is 14.9 Å². The Morgan fingerprint density at radius 1 is 0.971 bits per heavy atom. The van der Waals surface area contributed by atoms with E-state index in [-0.39, 0.29) is 17.2 Å². The molecule has 186 valence electrons. The van der Waals surface area contributed by atoms with E-state index in [4.69, 9.17) is 9.15 Å². The molecule has 0 atom stereocenters. The van der Waals surface area contributed by atoms with Crippen LogP contribution < -0.4 is 14.8 Å². The molecule has 0 aliphatic heterocycles. The van der Waals surface area contributed by atoms with Crippen molar-refractivity contribution in [2.24, 2.45) is 0 Å². The number of halogens is 7. The van der Waals surface area contributed by atoms with Crippen LogP contribution in [0.25, 0.3) is 0 Å². The molecule has 35 heavy (non-hydrogen) atoms. The van der Waals surface area contributed by atoms with E-state index < -0.39 is 76.8 Å². The number of amides is 1. The van der Waals surface area contributed by atoms with E-state index in [1.54, 1.807) is 0 Å². The first-order valence-electron chi connectivity index (χ1n) is 9.22. The van der Waals surface area contributed by atoms with Crippen molar-refractivity contribution in [1.82, 2.24) is 0 Å². The second kappa shape index (κ2) is 10.3. The van der Waals surface area contributed by atoms with E-state index in [1.165, 1.54) is 0 Å². The lowest BCUT2D eigenvalue weighted by Crippen LogP contribution is -2.12. The minimum absolute atomic E-state index is 0.218. The van der Waals surface area contributed by atoms with E-state index in [0.29, 0.717) is 0 Å². The lowest BCUT2D eigenvalue weighted by molar-refractivity contribution is -0.384. The van der Waals surface area contributed by atoms with Crippen LogP contribution in [0.3, 0.4) is 0 Å². The van der Waals surface area contributed by atoms with Crippen LogP contribution in [0.4, 0.5) is 42.1 Å². The Balaban J connectivity index is 1.73. The first-order chi connectivity index (χ1) is 16.5. The van der Waals surface area contributed by atoms with Crippen LogP contribution in [0.15, 0.2) is 34.7 Å². The molecule has 1 N–H and O–H groups in total. The van der Waals surface area contributed by atoms with E-state index in [9.17, 15) is 45.6 Å². The van der Waals surface area contributed by atoms with Crippen LogP contribution >= 0.6 is 0 Å². The smallest absolute Gasteiger partial charge is 0.291 e. The number of non-ortho nitro benzene ring substituents is 1. The van der Waals surface area contributed by atoms with Gasteiger partial charge in [0.15, 0.2) is 11.5 Å². The van der Waals surface area contributed by atoms with Crippen LogP contribution in [-0.4, -0.2) is 23.9 Å². The van der Waals surface area contributed by atoms with Crippen molar-refractivity contribution in [2.45, 2.75) is 13.0 Å². The predicted molar refractivity (Wildman–Crippen MR) is 102 cm³/mol. The highest BCUT2D eigenvalue weighted by Crippen LogP contribution is 2.30. The van der Waals surface area contributed by atoms with E-state index in [0.717, 1.165) is 30.3 Å². The summed E-state index contributed by atoms with van der Waals surface area (Å²) >= 11 is 0. The fourth-order valence-corrected chi connectivity index (χ4v) is 2.63. The van der Waals surface area contributed by atoms with Gasteiger partial charge in [-0.2, -0.15) is 8.78 Å². The number of hydrogen-bond donors (Lipinski definition) is 1. The monoisotopic (exact) mass is 508 g/mol. The standard InChI is InChI=1S/C20H11F7N2O6/c21-13(22)7-33-11-4-8(3-9(5-11)29(31)32)28-20(30)12-2-1-10(35-12)6-34-19-17(26)15(24)14(23)16(25)18(19)27/h1-5,13H,6-7H2,(H,28,30). The number of furan rings is 1. The highest BCUT2D eigenvalue weighted by molar-refractivity contribution is 6.02. The molecule has 0 aliphatic carbocycles. The van der Waals surface area contributed by atoms with E-state index in [1.807, 2.05) is 0 Å². The first kappa shape index (κ1) is 25.3. The summed E-state index contributed by atoms with van der Waals surface area (Å²) in [6.45, 7) is -1.90. The number of hydrogen-bond acceptors (Lipinski definition) is 6. The summed E-state index contributed by atoms with van der Waals surface area (Å²) in [6, 6.07) is 4.94. The number of benzene rings is 2. The Labute approximate surface area is 190 Å². The molecule has 8 nitrogen and oxygen atoms in total. The number of nitrogens with zero attached hydrogens (tertiary/aromatic N) is 1. The average molecular weight is 508 g/mol. The molecule has 0 bridgehead atoms. The van der Waals surface area contributed by atoms with Gasteiger partial charge in [0.25, 0.3) is 18.0 Å². The Hall–Kier alpha value is -4.30. The minimum atomic E-state index is -2.86. The van der Waals surface area contributed by atoms with Crippen molar-refractivity contribution in [2.75, 3.05) is 11.9 Å². The number of ether oxygens (including phenoxy) is 2. The van der Waals surface area contributed by atoms with Gasteiger partial charge in [-0.15, -0.1) is 0 Å². The van der Waals surface area contributed by atoms with E-state index >= 15 is 0 Å². The van der Waals surface area contributed by atoms with Crippen LogP contribution in [0.2, 0.25) is 0 Å². The summed E-state index contributed by atoms with van der Waals surface area (Å²) < 4.78 is 106. The maximum atomic E-state index is 13.7. The quantitative estimate of drug-likeness (QED) is 0.137. The highest BCUT2D eigenvalue weighted by atomic mass is 19.3. The van der Waals surface area contributed by atoms with Crippen molar-refractivity contribution in [3.8, 4) is 11.5 Å². The maximum absolute atomic E-state index is 13.7. The third kappa shape index (κ3) is 5.80. The topological polar surface area (TPSA) is 104 Å². The fourth-order valence-electron chi connectivity index (χ4n) is 2.63. The fraction of sp³-hybridized carbons (Fsp3) is 0.150. The summed E-state index contributed by atoms with van der Waals surface area (Å²) in [7, 11) is 0. The van der Waals surface area contributed by atoms with Gasteiger partial charge in [-0.1, -0.05) is 0 Å². The Kier molecular flexibility index (Phi) is 7.46. The minimum Gasteiger partial charge on any atom is -0.487 e. The number of carbonyl (C=O) groups is 1. The van der Waals surface area contributed by atoms with Crippen molar-refractivity contribution >= 4 is 17.3 Å². The predicted octanol–water partition coefficient (Wildman–Crippen LogP) is 5.36. The van der Waals surface area contributed by atoms with Gasteiger partial charge in [0.05, 0.1) is 16.7 Å². The molecule has 0 radical (unpaired) electrons. The van der Waals surface area contributed by atoms with Gasteiger partial charge in [0.1, 0.15) is 24.7 Å². The number of rotatable bonds is 9. The molecule has 0 saturated carbocycles. The number of nitro benzene ring substituents is 1. The van der Waals surface area contributed by atoms with Crippen LogP contribution in [-0.2, 0) is 6.61 Å². The van der Waals surface area contributed by atoms with Gasteiger partial charge >= 0.3 is 0 Å². The molecule has 0 unspecified atom stereocenters. The van der Waals surface area contributed by atoms with Crippen molar-refractivity contribution in [1.29, 1.82) is 0 Å². The largest absolute Gasteiger partial charge is 0.487 e. The molecule has 0 fully saturated rings. The third-order valence-corrected chi connectivity index (χ3v) is 4.15. The molecule has 3 aromatic rings. The van der Waals surface area contributed by atoms with Gasteiger partial charge in [-0.05, 0) is 12.1 Å². The van der Waals surface area contributed by atoms with Crippen LogP contribution in [0, 0.1) is 39.2 Å². The molecule has 1 amide bonds. The zero-order valence-electron chi connectivity index (χ0n) is 16.9. The summed E-state index contributed by atoms with van der Waals surface area (Å²) in [4.78, 5) is 22.5. The van der Waals surface area contributed by atoms with Gasteiger partial charge in [-0.25, -0.2) is 22.0 Å². The molecular weight excluding hydrogens is 497 g/mol. The van der Waals surface area contributed by atoms with Gasteiger partial charge in [0, 0.05) is 12.1 Å². The highest BCUT2D eigenvalue weighted by Gasteiger charge is 2.27. The number of anilines is 1. The first-order valence-corrected chi connectivity index (χ1v) is 9.22. The molecule has 0 aliphatic rings. The Bertz CT molecular complexity index is 1250. The lowest BCUT2D eigenvalue weighted by atomic mass is 10.2. The van der Waals surface area contributed by atoms with Crippen LogP contribution in [0.5, 0.6) is 11.5 Å². The molecule has 1 heterocycles. The Morgan fingerprint density at radius 3 is 2.20 bits per heavy atom. The number of nitrogens with one attached hydrogen (secondary N) is 1. The summed E-state index contributed by atoms with van der Waals surface area (Å²) in [5, 5.41) is 13.2. The van der Waals surface area contributed by atoms with Crippen molar-refractivity contribution < 1.29 is 54.3 Å². The molecule has 1 aromatic heterocycles. The van der Waals surface area contributed by atoms with Crippen LogP contribution in [0.1, 0.15) is 16.3 Å². The van der Waals surface area contributed by atoms with Gasteiger partial charge < -0.3 is 19.2 Å². The normalized spacial score (nSPS) is 11.0.